The van der Waals surface area contributed by atoms with E-state index in [-0.39, 0.29) is 0 Å². The first-order chi connectivity index (χ1) is 9.90. The van der Waals surface area contributed by atoms with Gasteiger partial charge in [0, 0.05) is 0 Å². The summed E-state index contributed by atoms with van der Waals surface area (Å²) < 4.78 is 0. The van der Waals surface area contributed by atoms with E-state index in [4.69, 9.17) is 6.58 Å². The highest BCUT2D eigenvalue weighted by Crippen LogP contribution is 2.35. The summed E-state index contributed by atoms with van der Waals surface area (Å²) in [6, 6.07) is 27.0. The minimum absolute atomic E-state index is 1.05. The fraction of sp³-hybridized carbons (Fsp3) is 0. The number of benzene rings is 3. The maximum absolute atomic E-state index is 5.81. The van der Waals surface area contributed by atoms with Crippen LogP contribution >= 0.6 is 0 Å². The van der Waals surface area contributed by atoms with Gasteiger partial charge >= 0.3 is 0 Å². The monoisotopic (exact) mass is 255 g/mol. The molecule has 95 valence electrons. The van der Waals surface area contributed by atoms with E-state index in [1.54, 1.807) is 6.08 Å². The molecule has 0 fully saturated rings. The first-order valence-corrected chi connectivity index (χ1v) is 6.69. The van der Waals surface area contributed by atoms with E-state index in [9.17, 15) is 0 Å². The Morgan fingerprint density at radius 1 is 0.600 bits per heavy atom. The fourth-order valence-electron chi connectivity index (χ4n) is 2.49. The van der Waals surface area contributed by atoms with Gasteiger partial charge in [0.1, 0.15) is 0 Å². The topological polar surface area (TPSA) is 0 Å². The quantitative estimate of drug-likeness (QED) is 0.582. The van der Waals surface area contributed by atoms with Gasteiger partial charge in [-0.25, -0.2) is 0 Å². The van der Waals surface area contributed by atoms with Crippen molar-refractivity contribution in [2.24, 2.45) is 0 Å². The Hall–Kier alpha value is -2.60. The van der Waals surface area contributed by atoms with Crippen molar-refractivity contribution < 1.29 is 0 Å². The predicted molar refractivity (Wildman–Crippen MR) is 86.1 cm³/mol. The van der Waals surface area contributed by atoms with Gasteiger partial charge in [-0.1, -0.05) is 91.5 Å². The molecule has 0 amide bonds. The zero-order chi connectivity index (χ0) is 13.8. The van der Waals surface area contributed by atoms with Crippen LogP contribution in [0.5, 0.6) is 0 Å². The van der Waals surface area contributed by atoms with Crippen molar-refractivity contribution >= 4 is 6.08 Å². The van der Waals surface area contributed by atoms with Gasteiger partial charge in [0.05, 0.1) is 0 Å². The lowest BCUT2D eigenvalue weighted by atomic mass is 9.90. The molecule has 0 atom stereocenters. The van der Waals surface area contributed by atoms with E-state index in [0.717, 1.165) is 5.56 Å². The molecule has 0 N–H and O–H groups in total. The Balaban J connectivity index is 2.29. The van der Waals surface area contributed by atoms with Gasteiger partial charge in [0.25, 0.3) is 0 Å². The second-order valence-corrected chi connectivity index (χ2v) is 4.67. The van der Waals surface area contributed by atoms with Crippen LogP contribution in [0.2, 0.25) is 0 Å². The average Bonchev–Trinajstić information content (AvgIpc) is 2.55. The van der Waals surface area contributed by atoms with Crippen molar-refractivity contribution in [1.29, 1.82) is 0 Å². The highest BCUT2D eigenvalue weighted by atomic mass is 14.1. The van der Waals surface area contributed by atoms with Crippen molar-refractivity contribution in [2.75, 3.05) is 0 Å². The third kappa shape index (κ3) is 2.28. The summed E-state index contributed by atoms with van der Waals surface area (Å²) in [7, 11) is 0. The lowest BCUT2D eigenvalue weighted by molar-refractivity contribution is 1.56. The van der Waals surface area contributed by atoms with Crippen molar-refractivity contribution in [3.8, 4) is 22.3 Å². The van der Waals surface area contributed by atoms with Crippen LogP contribution in [0.4, 0.5) is 0 Å². The molecule has 0 bridgehead atoms. The van der Waals surface area contributed by atoms with Gasteiger partial charge in [0.2, 0.25) is 0 Å². The molecule has 20 heavy (non-hydrogen) atoms. The normalized spacial score (nSPS) is 10.2. The number of hydrogen-bond donors (Lipinski definition) is 0. The first kappa shape index (κ1) is 12.4. The van der Waals surface area contributed by atoms with Gasteiger partial charge in [-0.2, -0.15) is 0 Å². The molecule has 0 saturated carbocycles. The Kier molecular flexibility index (Phi) is 3.47. The summed E-state index contributed by atoms with van der Waals surface area (Å²) in [6.07, 6.45) is 1.68. The standard InChI is InChI=1S/C20H15/c1-2-16-14-9-15-19(17-10-5-3-6-11-17)20(16)18-12-7-4-8-13-18/h1-15H. The van der Waals surface area contributed by atoms with Crippen LogP contribution in [-0.2, 0) is 0 Å². The zero-order valence-corrected chi connectivity index (χ0v) is 11.2. The summed E-state index contributed by atoms with van der Waals surface area (Å²) in [5.74, 6) is 0. The van der Waals surface area contributed by atoms with Crippen LogP contribution in [0.15, 0.2) is 78.9 Å². The Morgan fingerprint density at radius 3 is 1.80 bits per heavy atom. The zero-order valence-electron chi connectivity index (χ0n) is 11.2. The molecule has 0 saturated heterocycles. The van der Waals surface area contributed by atoms with Crippen molar-refractivity contribution in [1.82, 2.24) is 0 Å². The highest BCUT2D eigenvalue weighted by Gasteiger charge is 2.10. The summed E-state index contributed by atoms with van der Waals surface area (Å²) >= 11 is 0. The lowest BCUT2D eigenvalue weighted by Gasteiger charge is -2.13. The summed E-state index contributed by atoms with van der Waals surface area (Å²) in [5, 5.41) is 0. The number of rotatable bonds is 3. The largest absolute Gasteiger partial charge is 0.0622 e. The maximum atomic E-state index is 5.81. The third-order valence-electron chi connectivity index (χ3n) is 3.42. The van der Waals surface area contributed by atoms with E-state index in [1.165, 1.54) is 22.3 Å². The lowest BCUT2D eigenvalue weighted by Crippen LogP contribution is -1.88. The smallest absolute Gasteiger partial charge is 0.00328 e. The molecule has 0 nitrogen and oxygen atoms in total. The number of hydrogen-bond acceptors (Lipinski definition) is 0. The third-order valence-corrected chi connectivity index (χ3v) is 3.42. The van der Waals surface area contributed by atoms with Gasteiger partial charge in [-0.3, -0.25) is 0 Å². The van der Waals surface area contributed by atoms with E-state index in [0.29, 0.717) is 0 Å². The van der Waals surface area contributed by atoms with E-state index in [2.05, 4.69) is 60.7 Å². The van der Waals surface area contributed by atoms with Crippen LogP contribution < -0.4 is 0 Å². The molecule has 0 aliphatic carbocycles. The molecular weight excluding hydrogens is 240 g/mol. The molecule has 0 aromatic heterocycles. The van der Waals surface area contributed by atoms with E-state index in [1.807, 2.05) is 18.2 Å². The van der Waals surface area contributed by atoms with Gasteiger partial charge in [-0.05, 0) is 27.8 Å². The molecule has 0 heteroatoms. The molecule has 0 spiro atoms. The van der Waals surface area contributed by atoms with Crippen LogP contribution in [0.25, 0.3) is 28.3 Å². The Labute approximate surface area is 120 Å². The second-order valence-electron chi connectivity index (χ2n) is 4.67. The Bertz CT molecular complexity index is 710. The molecule has 3 aromatic rings. The first-order valence-electron chi connectivity index (χ1n) is 6.69. The molecule has 3 aromatic carbocycles. The van der Waals surface area contributed by atoms with Gasteiger partial charge in [0.15, 0.2) is 0 Å². The highest BCUT2D eigenvalue weighted by molar-refractivity contribution is 5.89. The minimum atomic E-state index is 1.05. The van der Waals surface area contributed by atoms with E-state index < -0.39 is 0 Å². The summed E-state index contributed by atoms with van der Waals surface area (Å²) in [4.78, 5) is 0. The van der Waals surface area contributed by atoms with Crippen molar-refractivity contribution in [2.45, 2.75) is 0 Å². The van der Waals surface area contributed by atoms with Crippen molar-refractivity contribution in [3.63, 3.8) is 0 Å². The van der Waals surface area contributed by atoms with Crippen LogP contribution in [-0.4, -0.2) is 0 Å². The van der Waals surface area contributed by atoms with Crippen LogP contribution in [0, 0.1) is 6.58 Å². The molecule has 0 aliphatic heterocycles. The fourth-order valence-corrected chi connectivity index (χ4v) is 2.49. The maximum Gasteiger partial charge on any atom is -0.00328 e. The molecule has 3 rings (SSSR count). The SMILES string of the molecule is [CH]=Cc1cccc(-c2ccccc2)c1-c1ccccc1. The minimum Gasteiger partial charge on any atom is -0.0622 e. The molecule has 0 aliphatic rings. The van der Waals surface area contributed by atoms with E-state index >= 15 is 0 Å². The Morgan fingerprint density at radius 2 is 1.20 bits per heavy atom. The second kappa shape index (κ2) is 5.58. The molecule has 0 heterocycles. The molecular formula is C20H15. The van der Waals surface area contributed by atoms with Crippen molar-refractivity contribution in [3.05, 3.63) is 91.0 Å². The van der Waals surface area contributed by atoms with Crippen LogP contribution in [0.3, 0.4) is 0 Å². The predicted octanol–water partition coefficient (Wildman–Crippen LogP) is 5.47. The van der Waals surface area contributed by atoms with Gasteiger partial charge < -0.3 is 0 Å². The molecule has 1 radical (unpaired) electrons. The summed E-state index contributed by atoms with van der Waals surface area (Å²) in [5.41, 5.74) is 5.83. The van der Waals surface area contributed by atoms with Crippen LogP contribution in [0.1, 0.15) is 5.56 Å². The molecule has 0 unspecified atom stereocenters. The average molecular weight is 255 g/mol. The van der Waals surface area contributed by atoms with Gasteiger partial charge in [-0.15, -0.1) is 0 Å². The summed E-state index contributed by atoms with van der Waals surface area (Å²) in [6.45, 7) is 5.81.